The first kappa shape index (κ1) is 14.6. The standard InChI is InChI=1S/C14H18O6/c1-4-18-12(16)14(13(17)19-5-2)6-9-8(3)11(15)20-10(9)7-14/h10H,4-7H2,1-3H3. The molecule has 0 saturated heterocycles. The molecule has 6 heteroatoms. The van der Waals surface area contributed by atoms with Crippen molar-refractivity contribution in [2.24, 2.45) is 5.41 Å². The molecule has 0 radical (unpaired) electrons. The minimum Gasteiger partial charge on any atom is -0.465 e. The molecule has 0 spiro atoms. The molecule has 1 heterocycles. The van der Waals surface area contributed by atoms with Crippen LogP contribution in [0.25, 0.3) is 0 Å². The normalized spacial score (nSPS) is 23.4. The van der Waals surface area contributed by atoms with Crippen LogP contribution in [0.15, 0.2) is 11.1 Å². The number of hydrogen-bond donors (Lipinski definition) is 0. The van der Waals surface area contributed by atoms with Gasteiger partial charge in [0.05, 0.1) is 13.2 Å². The molecule has 2 aliphatic rings. The van der Waals surface area contributed by atoms with Crippen LogP contribution in [0, 0.1) is 5.41 Å². The van der Waals surface area contributed by atoms with E-state index < -0.39 is 23.5 Å². The monoisotopic (exact) mass is 282 g/mol. The van der Waals surface area contributed by atoms with Gasteiger partial charge in [0.15, 0.2) is 5.41 Å². The second-order valence-corrected chi connectivity index (χ2v) is 4.95. The third-order valence-electron chi connectivity index (χ3n) is 3.78. The van der Waals surface area contributed by atoms with Crippen LogP contribution in [-0.4, -0.2) is 37.2 Å². The lowest BCUT2D eigenvalue weighted by Crippen LogP contribution is -2.41. The molecule has 0 amide bonds. The molecule has 1 unspecified atom stereocenters. The van der Waals surface area contributed by atoms with E-state index in [1.165, 1.54) is 0 Å². The highest BCUT2D eigenvalue weighted by atomic mass is 16.6. The van der Waals surface area contributed by atoms with E-state index in [1.807, 2.05) is 0 Å². The molecular weight excluding hydrogens is 264 g/mol. The van der Waals surface area contributed by atoms with E-state index in [1.54, 1.807) is 20.8 Å². The van der Waals surface area contributed by atoms with Crippen LogP contribution >= 0.6 is 0 Å². The molecule has 0 aromatic heterocycles. The van der Waals surface area contributed by atoms with E-state index in [-0.39, 0.29) is 32.0 Å². The van der Waals surface area contributed by atoms with Gasteiger partial charge >= 0.3 is 17.9 Å². The molecule has 20 heavy (non-hydrogen) atoms. The van der Waals surface area contributed by atoms with Crippen molar-refractivity contribution in [2.45, 2.75) is 39.7 Å². The highest BCUT2D eigenvalue weighted by molar-refractivity contribution is 6.02. The summed E-state index contributed by atoms with van der Waals surface area (Å²) < 4.78 is 15.2. The van der Waals surface area contributed by atoms with Crippen LogP contribution in [0.3, 0.4) is 0 Å². The summed E-state index contributed by atoms with van der Waals surface area (Å²) in [6.45, 7) is 5.36. The van der Waals surface area contributed by atoms with Crippen LogP contribution in [0.1, 0.15) is 33.6 Å². The fourth-order valence-corrected chi connectivity index (χ4v) is 2.72. The zero-order chi connectivity index (χ0) is 14.9. The molecule has 110 valence electrons. The molecule has 1 aliphatic carbocycles. The quantitative estimate of drug-likeness (QED) is 0.437. The number of hydrogen-bond acceptors (Lipinski definition) is 6. The van der Waals surface area contributed by atoms with Gasteiger partial charge in [-0.05, 0) is 32.8 Å². The summed E-state index contributed by atoms with van der Waals surface area (Å²) in [6.07, 6.45) is -0.285. The molecule has 2 rings (SSSR count). The third-order valence-corrected chi connectivity index (χ3v) is 3.78. The van der Waals surface area contributed by atoms with Gasteiger partial charge < -0.3 is 14.2 Å². The first-order valence-electron chi connectivity index (χ1n) is 6.71. The molecule has 1 aliphatic heterocycles. The number of rotatable bonds is 4. The van der Waals surface area contributed by atoms with Gasteiger partial charge in [0.25, 0.3) is 0 Å². The zero-order valence-corrected chi connectivity index (χ0v) is 11.9. The van der Waals surface area contributed by atoms with Gasteiger partial charge in [0, 0.05) is 12.0 Å². The topological polar surface area (TPSA) is 78.9 Å². The first-order valence-corrected chi connectivity index (χ1v) is 6.71. The molecule has 1 atom stereocenters. The highest BCUT2D eigenvalue weighted by Gasteiger charge is 2.59. The average Bonchev–Trinajstić information content (AvgIpc) is 2.89. The average molecular weight is 282 g/mol. The lowest BCUT2D eigenvalue weighted by molar-refractivity contribution is -0.173. The van der Waals surface area contributed by atoms with Crippen molar-refractivity contribution in [1.82, 2.24) is 0 Å². The van der Waals surface area contributed by atoms with E-state index in [4.69, 9.17) is 14.2 Å². The van der Waals surface area contributed by atoms with Crippen LogP contribution in [0.2, 0.25) is 0 Å². The fraction of sp³-hybridized carbons (Fsp3) is 0.643. The maximum absolute atomic E-state index is 12.2. The van der Waals surface area contributed by atoms with Gasteiger partial charge in [-0.15, -0.1) is 0 Å². The molecule has 1 fully saturated rings. The molecular formula is C14H18O6. The Balaban J connectivity index is 2.34. The summed E-state index contributed by atoms with van der Waals surface area (Å²) in [7, 11) is 0. The van der Waals surface area contributed by atoms with E-state index in [2.05, 4.69) is 0 Å². The number of carbonyl (C=O) groups is 3. The maximum atomic E-state index is 12.2. The molecule has 0 aromatic carbocycles. The summed E-state index contributed by atoms with van der Waals surface area (Å²) in [4.78, 5) is 35.9. The predicted octanol–water partition coefficient (Wildman–Crippen LogP) is 1.13. The van der Waals surface area contributed by atoms with E-state index in [9.17, 15) is 14.4 Å². The molecule has 1 saturated carbocycles. The largest absolute Gasteiger partial charge is 0.465 e. The maximum Gasteiger partial charge on any atom is 0.334 e. The van der Waals surface area contributed by atoms with Crippen LogP contribution < -0.4 is 0 Å². The van der Waals surface area contributed by atoms with Crippen molar-refractivity contribution in [3.8, 4) is 0 Å². The second-order valence-electron chi connectivity index (χ2n) is 4.95. The lowest BCUT2D eigenvalue weighted by Gasteiger charge is -2.24. The van der Waals surface area contributed by atoms with Gasteiger partial charge in [0.1, 0.15) is 6.10 Å². The minimum atomic E-state index is -1.38. The third kappa shape index (κ3) is 2.09. The Labute approximate surface area is 117 Å². The Hall–Kier alpha value is -1.85. The van der Waals surface area contributed by atoms with Crippen LogP contribution in [0.4, 0.5) is 0 Å². The molecule has 0 bridgehead atoms. The van der Waals surface area contributed by atoms with Crippen LogP contribution in [0.5, 0.6) is 0 Å². The van der Waals surface area contributed by atoms with E-state index in [0.717, 1.165) is 0 Å². The van der Waals surface area contributed by atoms with Crippen molar-refractivity contribution in [3.05, 3.63) is 11.1 Å². The van der Waals surface area contributed by atoms with E-state index in [0.29, 0.717) is 11.1 Å². The first-order chi connectivity index (χ1) is 9.46. The molecule has 6 nitrogen and oxygen atoms in total. The summed E-state index contributed by atoms with van der Waals surface area (Å²) in [6, 6.07) is 0. The Kier molecular flexibility index (Phi) is 3.83. The minimum absolute atomic E-state index is 0.100. The van der Waals surface area contributed by atoms with Gasteiger partial charge in [-0.3, -0.25) is 9.59 Å². The van der Waals surface area contributed by atoms with Crippen molar-refractivity contribution in [3.63, 3.8) is 0 Å². The Morgan fingerprint density at radius 3 is 2.25 bits per heavy atom. The van der Waals surface area contributed by atoms with Crippen LogP contribution in [-0.2, 0) is 28.6 Å². The number of ether oxygens (including phenoxy) is 3. The Morgan fingerprint density at radius 1 is 1.25 bits per heavy atom. The summed E-state index contributed by atoms with van der Waals surface area (Å²) >= 11 is 0. The SMILES string of the molecule is CCOC(=O)C1(C(=O)OCC)CC2=C(C)C(=O)OC2C1. The van der Waals surface area contributed by atoms with Crippen molar-refractivity contribution in [1.29, 1.82) is 0 Å². The number of carbonyl (C=O) groups excluding carboxylic acids is 3. The predicted molar refractivity (Wildman–Crippen MR) is 67.5 cm³/mol. The summed E-state index contributed by atoms with van der Waals surface area (Å²) in [5.74, 6) is -1.60. The van der Waals surface area contributed by atoms with E-state index >= 15 is 0 Å². The summed E-state index contributed by atoms with van der Waals surface area (Å²) in [5.41, 5.74) is -0.199. The number of esters is 3. The summed E-state index contributed by atoms with van der Waals surface area (Å²) in [5, 5.41) is 0. The fourth-order valence-electron chi connectivity index (χ4n) is 2.72. The zero-order valence-electron chi connectivity index (χ0n) is 11.9. The number of fused-ring (bicyclic) bond motifs is 1. The van der Waals surface area contributed by atoms with Crippen molar-refractivity contribution < 1.29 is 28.6 Å². The smallest absolute Gasteiger partial charge is 0.334 e. The highest BCUT2D eigenvalue weighted by Crippen LogP contribution is 2.48. The van der Waals surface area contributed by atoms with Gasteiger partial charge in [-0.2, -0.15) is 0 Å². The van der Waals surface area contributed by atoms with Crippen molar-refractivity contribution in [2.75, 3.05) is 13.2 Å². The Bertz CT molecular complexity index is 472. The van der Waals surface area contributed by atoms with Gasteiger partial charge in [-0.1, -0.05) is 0 Å². The molecule has 0 N–H and O–H groups in total. The lowest BCUT2D eigenvalue weighted by atomic mass is 9.85. The molecule has 0 aromatic rings. The van der Waals surface area contributed by atoms with Crippen molar-refractivity contribution >= 4 is 17.9 Å². The Morgan fingerprint density at radius 2 is 1.80 bits per heavy atom. The van der Waals surface area contributed by atoms with Gasteiger partial charge in [0.2, 0.25) is 0 Å². The van der Waals surface area contributed by atoms with Gasteiger partial charge in [-0.25, -0.2) is 4.79 Å². The second kappa shape index (κ2) is 5.26.